The summed E-state index contributed by atoms with van der Waals surface area (Å²) in [4.78, 5) is 11.9. The molecule has 0 radical (unpaired) electrons. The first-order valence-corrected chi connectivity index (χ1v) is 6.87. The predicted octanol–water partition coefficient (Wildman–Crippen LogP) is 2.39. The molecule has 0 spiro atoms. The van der Waals surface area contributed by atoms with Gasteiger partial charge in [0.1, 0.15) is 5.75 Å². The van der Waals surface area contributed by atoms with E-state index in [1.807, 2.05) is 0 Å². The van der Waals surface area contributed by atoms with Gasteiger partial charge in [-0.25, -0.2) is 0 Å². The normalized spacial score (nSPS) is 15.6. The highest BCUT2D eigenvalue weighted by Crippen LogP contribution is 2.21. The Kier molecular flexibility index (Phi) is 4.80. The topological polar surface area (TPSA) is 58.6 Å². The van der Waals surface area contributed by atoms with E-state index in [4.69, 9.17) is 4.74 Å². The Hall–Kier alpha value is -1.55. The van der Waals surface area contributed by atoms with Gasteiger partial charge in [-0.2, -0.15) is 0 Å². The molecule has 2 N–H and O–H groups in total. The fraction of sp³-hybridized carbons (Fsp3) is 0.533. The molecule has 4 heteroatoms. The Morgan fingerprint density at radius 2 is 2.16 bits per heavy atom. The minimum Gasteiger partial charge on any atom is -0.508 e. The molecule has 1 aromatic rings. The molecule has 4 nitrogen and oxygen atoms in total. The van der Waals surface area contributed by atoms with Crippen LogP contribution in [0.1, 0.15) is 41.6 Å². The Labute approximate surface area is 113 Å². The van der Waals surface area contributed by atoms with Crippen molar-refractivity contribution in [2.24, 2.45) is 0 Å². The second kappa shape index (κ2) is 6.57. The van der Waals surface area contributed by atoms with Crippen LogP contribution in [0.3, 0.4) is 0 Å². The van der Waals surface area contributed by atoms with E-state index in [2.05, 4.69) is 5.32 Å². The maximum atomic E-state index is 11.9. The van der Waals surface area contributed by atoms with Gasteiger partial charge in [-0.15, -0.1) is 0 Å². The lowest BCUT2D eigenvalue weighted by molar-refractivity contribution is 0.0581. The van der Waals surface area contributed by atoms with Gasteiger partial charge in [0.05, 0.1) is 12.7 Å². The third kappa shape index (κ3) is 3.70. The first kappa shape index (κ1) is 13.9. The van der Waals surface area contributed by atoms with E-state index >= 15 is 0 Å². The molecule has 1 aliphatic rings. The highest BCUT2D eigenvalue weighted by Gasteiger charge is 2.15. The molecule has 1 aliphatic carbocycles. The number of carbonyl (C=O) groups excluding carboxylic acids is 1. The van der Waals surface area contributed by atoms with Crippen LogP contribution < -0.4 is 5.32 Å². The molecule has 0 bridgehead atoms. The van der Waals surface area contributed by atoms with Gasteiger partial charge >= 0.3 is 0 Å². The Bertz CT molecular complexity index is 439. The SMILES string of the molecule is Cc1c(O)cccc1C(=O)NCCOC1CCCC1. The second-order valence-electron chi connectivity index (χ2n) is 4.98. The number of nitrogens with one attached hydrogen (secondary N) is 1. The second-order valence-corrected chi connectivity index (χ2v) is 4.98. The summed E-state index contributed by atoms with van der Waals surface area (Å²) in [7, 11) is 0. The molecule has 0 unspecified atom stereocenters. The van der Waals surface area contributed by atoms with Gasteiger partial charge in [-0.3, -0.25) is 4.79 Å². The quantitative estimate of drug-likeness (QED) is 0.802. The molecule has 1 aromatic carbocycles. The molecular formula is C15H21NO3. The first-order valence-electron chi connectivity index (χ1n) is 6.87. The van der Waals surface area contributed by atoms with Gasteiger partial charge in [0.25, 0.3) is 5.91 Å². The zero-order chi connectivity index (χ0) is 13.7. The van der Waals surface area contributed by atoms with Crippen molar-refractivity contribution in [3.8, 4) is 5.75 Å². The van der Waals surface area contributed by atoms with Crippen molar-refractivity contribution in [2.45, 2.75) is 38.7 Å². The predicted molar refractivity (Wildman–Crippen MR) is 73.4 cm³/mol. The lowest BCUT2D eigenvalue weighted by Gasteiger charge is -2.12. The molecule has 0 aromatic heterocycles. The van der Waals surface area contributed by atoms with Crippen LogP contribution in [0, 0.1) is 6.92 Å². The fourth-order valence-electron chi connectivity index (χ4n) is 2.41. The van der Waals surface area contributed by atoms with Crippen LogP contribution >= 0.6 is 0 Å². The summed E-state index contributed by atoms with van der Waals surface area (Å²) < 4.78 is 5.68. The van der Waals surface area contributed by atoms with E-state index in [0.717, 1.165) is 12.8 Å². The molecule has 0 heterocycles. The molecule has 1 amide bonds. The van der Waals surface area contributed by atoms with Crippen LogP contribution in [0.5, 0.6) is 5.75 Å². The third-order valence-corrected chi connectivity index (χ3v) is 3.59. The first-order chi connectivity index (χ1) is 9.18. The van der Waals surface area contributed by atoms with Crippen LogP contribution in [0.25, 0.3) is 0 Å². The molecule has 104 valence electrons. The molecule has 0 aliphatic heterocycles. The van der Waals surface area contributed by atoms with Crippen LogP contribution in [0.2, 0.25) is 0 Å². The number of benzene rings is 1. The summed E-state index contributed by atoms with van der Waals surface area (Å²) in [5.74, 6) is -0.0155. The molecule has 1 saturated carbocycles. The highest BCUT2D eigenvalue weighted by atomic mass is 16.5. The van der Waals surface area contributed by atoms with Crippen molar-refractivity contribution in [3.63, 3.8) is 0 Å². The number of amides is 1. The lowest BCUT2D eigenvalue weighted by Crippen LogP contribution is -2.28. The zero-order valence-electron chi connectivity index (χ0n) is 11.3. The van der Waals surface area contributed by atoms with Gasteiger partial charge in [-0.05, 0) is 31.9 Å². The van der Waals surface area contributed by atoms with Crippen molar-refractivity contribution < 1.29 is 14.6 Å². The fourth-order valence-corrected chi connectivity index (χ4v) is 2.41. The number of hydrogen-bond acceptors (Lipinski definition) is 3. The highest BCUT2D eigenvalue weighted by molar-refractivity contribution is 5.96. The van der Waals surface area contributed by atoms with Gasteiger partial charge in [0, 0.05) is 17.7 Å². The van der Waals surface area contributed by atoms with Gasteiger partial charge in [0.15, 0.2) is 0 Å². The summed E-state index contributed by atoms with van der Waals surface area (Å²) in [5.41, 5.74) is 1.12. The van der Waals surface area contributed by atoms with Crippen molar-refractivity contribution in [1.29, 1.82) is 0 Å². The summed E-state index contributed by atoms with van der Waals surface area (Å²) in [5, 5.41) is 12.4. The van der Waals surface area contributed by atoms with Crippen molar-refractivity contribution in [2.75, 3.05) is 13.2 Å². The van der Waals surface area contributed by atoms with E-state index < -0.39 is 0 Å². The summed E-state index contributed by atoms with van der Waals surface area (Å²) >= 11 is 0. The molecule has 0 atom stereocenters. The maximum Gasteiger partial charge on any atom is 0.251 e. The number of phenols is 1. The number of carbonyl (C=O) groups is 1. The molecule has 0 saturated heterocycles. The minimum absolute atomic E-state index is 0.148. The molecular weight excluding hydrogens is 242 g/mol. The molecule has 2 rings (SSSR count). The Morgan fingerprint density at radius 1 is 1.42 bits per heavy atom. The number of hydrogen-bond donors (Lipinski definition) is 2. The van der Waals surface area contributed by atoms with Crippen LogP contribution in [-0.4, -0.2) is 30.3 Å². The third-order valence-electron chi connectivity index (χ3n) is 3.59. The van der Waals surface area contributed by atoms with Crippen LogP contribution in [0.4, 0.5) is 0 Å². The van der Waals surface area contributed by atoms with E-state index in [1.54, 1.807) is 25.1 Å². The Balaban J connectivity index is 1.76. The van der Waals surface area contributed by atoms with Crippen LogP contribution in [-0.2, 0) is 4.74 Å². The molecule has 19 heavy (non-hydrogen) atoms. The van der Waals surface area contributed by atoms with Crippen LogP contribution in [0.15, 0.2) is 18.2 Å². The summed E-state index contributed by atoms with van der Waals surface area (Å²) in [6.45, 7) is 2.79. The molecule has 1 fully saturated rings. The Morgan fingerprint density at radius 3 is 2.89 bits per heavy atom. The van der Waals surface area contributed by atoms with Gasteiger partial charge in [-0.1, -0.05) is 18.9 Å². The number of rotatable bonds is 5. The maximum absolute atomic E-state index is 11.9. The largest absolute Gasteiger partial charge is 0.508 e. The van der Waals surface area contributed by atoms with Crippen molar-refractivity contribution >= 4 is 5.91 Å². The lowest BCUT2D eigenvalue weighted by atomic mass is 10.1. The average Bonchev–Trinajstić information content (AvgIpc) is 2.91. The van der Waals surface area contributed by atoms with E-state index in [0.29, 0.717) is 30.4 Å². The standard InChI is InChI=1S/C15H21NO3/c1-11-13(7-4-8-14(11)17)15(18)16-9-10-19-12-5-2-3-6-12/h4,7-8,12,17H,2-3,5-6,9-10H2,1H3,(H,16,18). The van der Waals surface area contributed by atoms with E-state index in [9.17, 15) is 9.90 Å². The number of aromatic hydroxyl groups is 1. The minimum atomic E-state index is -0.163. The van der Waals surface area contributed by atoms with E-state index in [-0.39, 0.29) is 11.7 Å². The summed E-state index contributed by atoms with van der Waals surface area (Å²) in [6, 6.07) is 4.96. The number of ether oxygens (including phenoxy) is 1. The smallest absolute Gasteiger partial charge is 0.251 e. The number of phenolic OH excluding ortho intramolecular Hbond substituents is 1. The zero-order valence-corrected chi connectivity index (χ0v) is 11.3. The average molecular weight is 263 g/mol. The van der Waals surface area contributed by atoms with E-state index in [1.165, 1.54) is 12.8 Å². The summed E-state index contributed by atoms with van der Waals surface area (Å²) in [6.07, 6.45) is 5.15. The van der Waals surface area contributed by atoms with Gasteiger partial charge in [0.2, 0.25) is 0 Å². The van der Waals surface area contributed by atoms with Gasteiger partial charge < -0.3 is 15.2 Å². The van der Waals surface area contributed by atoms with Crippen molar-refractivity contribution in [3.05, 3.63) is 29.3 Å². The monoisotopic (exact) mass is 263 g/mol. The van der Waals surface area contributed by atoms with Crippen molar-refractivity contribution in [1.82, 2.24) is 5.32 Å².